The highest BCUT2D eigenvalue weighted by molar-refractivity contribution is 7.89. The van der Waals surface area contributed by atoms with E-state index >= 15 is 0 Å². The fraction of sp³-hybridized carbons (Fsp3) is 0.417. The summed E-state index contributed by atoms with van der Waals surface area (Å²) in [5, 5.41) is 8.87. The second kappa shape index (κ2) is 5.30. The van der Waals surface area contributed by atoms with Crippen molar-refractivity contribution in [3.63, 3.8) is 0 Å². The zero-order valence-corrected chi connectivity index (χ0v) is 11.0. The van der Waals surface area contributed by atoms with Gasteiger partial charge in [-0.25, -0.2) is 8.42 Å². The van der Waals surface area contributed by atoms with E-state index in [4.69, 9.17) is 5.26 Å². The van der Waals surface area contributed by atoms with Crippen LogP contribution in [0.15, 0.2) is 29.2 Å². The van der Waals surface area contributed by atoms with Crippen LogP contribution < -0.4 is 4.72 Å². The molecule has 0 aromatic heterocycles. The smallest absolute Gasteiger partial charge is 0.207 e. The third kappa shape index (κ3) is 3.55. The third-order valence-electron chi connectivity index (χ3n) is 2.42. The molecular formula is C12H16N2O2S. The molecule has 1 N–H and O–H groups in total. The molecule has 0 fully saturated rings. The normalized spacial score (nSPS) is 13.4. The summed E-state index contributed by atoms with van der Waals surface area (Å²) in [7, 11) is -3.61. The number of nitriles is 1. The van der Waals surface area contributed by atoms with Crippen molar-refractivity contribution in [3.05, 3.63) is 29.8 Å². The molecule has 92 valence electrons. The molecule has 1 aromatic carbocycles. The number of hydrogen-bond donors (Lipinski definition) is 1. The van der Waals surface area contributed by atoms with Crippen LogP contribution in [0.1, 0.15) is 19.4 Å². The Morgan fingerprint density at radius 2 is 1.76 bits per heavy atom. The number of benzene rings is 1. The van der Waals surface area contributed by atoms with Gasteiger partial charge in [0.2, 0.25) is 10.0 Å². The first-order valence-electron chi connectivity index (χ1n) is 5.35. The minimum absolute atomic E-state index is 0.0692. The highest BCUT2D eigenvalue weighted by Crippen LogP contribution is 2.12. The number of aryl methyl sites for hydroxylation is 1. The summed E-state index contributed by atoms with van der Waals surface area (Å²) in [6.07, 6.45) is 0. The van der Waals surface area contributed by atoms with Gasteiger partial charge in [-0.15, -0.1) is 0 Å². The van der Waals surface area contributed by atoms with E-state index in [9.17, 15) is 8.42 Å². The predicted molar refractivity (Wildman–Crippen MR) is 65.7 cm³/mol. The maximum Gasteiger partial charge on any atom is 0.241 e. The molecule has 0 unspecified atom stereocenters. The number of nitrogens with one attached hydrogen (secondary N) is 1. The second-order valence-electron chi connectivity index (χ2n) is 4.29. The summed E-state index contributed by atoms with van der Waals surface area (Å²) in [6, 6.07) is 7.76. The Labute approximate surface area is 102 Å². The first-order valence-corrected chi connectivity index (χ1v) is 6.84. The van der Waals surface area contributed by atoms with Gasteiger partial charge in [-0.05, 0) is 25.0 Å². The van der Waals surface area contributed by atoms with E-state index in [1.54, 1.807) is 26.0 Å². The molecule has 0 bridgehead atoms. The lowest BCUT2D eigenvalue weighted by molar-refractivity contribution is 0.515. The highest BCUT2D eigenvalue weighted by atomic mass is 32.2. The van der Waals surface area contributed by atoms with Crippen LogP contribution in [0, 0.1) is 24.2 Å². The lowest BCUT2D eigenvalue weighted by Crippen LogP contribution is -2.37. The summed E-state index contributed by atoms with van der Waals surface area (Å²) >= 11 is 0. The van der Waals surface area contributed by atoms with Crippen LogP contribution in [0.4, 0.5) is 0 Å². The molecule has 0 spiro atoms. The molecule has 0 aliphatic rings. The van der Waals surface area contributed by atoms with Gasteiger partial charge in [-0.2, -0.15) is 9.98 Å². The first-order chi connectivity index (χ1) is 7.86. The molecule has 0 saturated carbocycles. The van der Waals surface area contributed by atoms with Crippen molar-refractivity contribution in [2.45, 2.75) is 31.7 Å². The molecule has 0 heterocycles. The van der Waals surface area contributed by atoms with Crippen LogP contribution in [-0.4, -0.2) is 14.5 Å². The van der Waals surface area contributed by atoms with E-state index < -0.39 is 16.1 Å². The van der Waals surface area contributed by atoms with Crippen molar-refractivity contribution < 1.29 is 8.42 Å². The second-order valence-corrected chi connectivity index (χ2v) is 6.00. The standard InChI is InChI=1S/C12H16N2O2S/c1-9(2)12(8-13)14-17(15,16)11-6-4-10(3)5-7-11/h4-7,9,12,14H,1-3H3/t12-/m1/s1. The molecule has 0 aliphatic heterocycles. The first kappa shape index (κ1) is 13.7. The van der Waals surface area contributed by atoms with Gasteiger partial charge in [-0.1, -0.05) is 31.5 Å². The topological polar surface area (TPSA) is 70.0 Å². The third-order valence-corrected chi connectivity index (χ3v) is 3.88. The molecule has 1 atom stereocenters. The van der Waals surface area contributed by atoms with Crippen molar-refractivity contribution in [3.8, 4) is 6.07 Å². The summed E-state index contributed by atoms with van der Waals surface area (Å²) in [5.41, 5.74) is 0.990. The molecule has 0 radical (unpaired) electrons. The van der Waals surface area contributed by atoms with Crippen molar-refractivity contribution >= 4 is 10.0 Å². The average Bonchev–Trinajstić information content (AvgIpc) is 2.26. The van der Waals surface area contributed by atoms with Crippen LogP contribution in [0.25, 0.3) is 0 Å². The molecule has 0 saturated heterocycles. The molecule has 4 nitrogen and oxygen atoms in total. The molecule has 5 heteroatoms. The number of rotatable bonds is 4. The number of nitrogens with zero attached hydrogens (tertiary/aromatic N) is 1. The van der Waals surface area contributed by atoms with Crippen molar-refractivity contribution in [1.29, 1.82) is 5.26 Å². The van der Waals surface area contributed by atoms with Crippen LogP contribution >= 0.6 is 0 Å². The van der Waals surface area contributed by atoms with Gasteiger partial charge < -0.3 is 0 Å². The van der Waals surface area contributed by atoms with E-state index in [0.717, 1.165) is 5.56 Å². The quantitative estimate of drug-likeness (QED) is 0.888. The SMILES string of the molecule is Cc1ccc(S(=O)(=O)N[C@H](C#N)C(C)C)cc1. The Bertz CT molecular complexity index is 512. The van der Waals surface area contributed by atoms with E-state index in [-0.39, 0.29) is 10.8 Å². The fourth-order valence-corrected chi connectivity index (χ4v) is 2.55. The Hall–Kier alpha value is -1.38. The van der Waals surface area contributed by atoms with Gasteiger partial charge in [0, 0.05) is 0 Å². The minimum Gasteiger partial charge on any atom is -0.207 e. The molecule has 1 rings (SSSR count). The Kier molecular flexibility index (Phi) is 4.27. The van der Waals surface area contributed by atoms with Gasteiger partial charge in [0.15, 0.2) is 0 Å². The van der Waals surface area contributed by atoms with E-state index in [1.165, 1.54) is 12.1 Å². The molecule has 0 amide bonds. The molecular weight excluding hydrogens is 236 g/mol. The maximum atomic E-state index is 12.0. The fourth-order valence-electron chi connectivity index (χ4n) is 1.26. The number of hydrogen-bond acceptors (Lipinski definition) is 3. The predicted octanol–water partition coefficient (Wildman–Crippen LogP) is 1.82. The van der Waals surface area contributed by atoms with Gasteiger partial charge in [0.05, 0.1) is 11.0 Å². The monoisotopic (exact) mass is 252 g/mol. The van der Waals surface area contributed by atoms with Crippen LogP contribution in [0.2, 0.25) is 0 Å². The highest BCUT2D eigenvalue weighted by Gasteiger charge is 2.21. The van der Waals surface area contributed by atoms with Crippen LogP contribution in [0.5, 0.6) is 0 Å². The van der Waals surface area contributed by atoms with Crippen LogP contribution in [0.3, 0.4) is 0 Å². The van der Waals surface area contributed by atoms with Gasteiger partial charge in [0.25, 0.3) is 0 Å². The zero-order chi connectivity index (χ0) is 13.1. The van der Waals surface area contributed by atoms with E-state index in [2.05, 4.69) is 4.72 Å². The number of sulfonamides is 1. The molecule has 17 heavy (non-hydrogen) atoms. The van der Waals surface area contributed by atoms with E-state index in [0.29, 0.717) is 0 Å². The van der Waals surface area contributed by atoms with E-state index in [1.807, 2.05) is 13.0 Å². The van der Waals surface area contributed by atoms with Crippen molar-refractivity contribution in [2.75, 3.05) is 0 Å². The zero-order valence-electron chi connectivity index (χ0n) is 10.1. The lowest BCUT2D eigenvalue weighted by atomic mass is 10.1. The van der Waals surface area contributed by atoms with Gasteiger partial charge >= 0.3 is 0 Å². The Morgan fingerprint density at radius 1 is 1.24 bits per heavy atom. The van der Waals surface area contributed by atoms with Crippen LogP contribution in [-0.2, 0) is 10.0 Å². The van der Waals surface area contributed by atoms with Gasteiger partial charge in [0.1, 0.15) is 6.04 Å². The average molecular weight is 252 g/mol. The molecule has 0 aliphatic carbocycles. The van der Waals surface area contributed by atoms with Crippen molar-refractivity contribution in [2.24, 2.45) is 5.92 Å². The minimum atomic E-state index is -3.61. The summed E-state index contributed by atoms with van der Waals surface area (Å²) < 4.78 is 26.3. The van der Waals surface area contributed by atoms with Gasteiger partial charge in [-0.3, -0.25) is 0 Å². The summed E-state index contributed by atoms with van der Waals surface area (Å²) in [4.78, 5) is 0.184. The summed E-state index contributed by atoms with van der Waals surface area (Å²) in [6.45, 7) is 5.48. The Balaban J connectivity index is 2.97. The largest absolute Gasteiger partial charge is 0.241 e. The molecule has 1 aromatic rings. The van der Waals surface area contributed by atoms with Crippen molar-refractivity contribution in [1.82, 2.24) is 4.72 Å². The maximum absolute atomic E-state index is 12.0. The Morgan fingerprint density at radius 3 is 2.18 bits per heavy atom. The lowest BCUT2D eigenvalue weighted by Gasteiger charge is -2.15. The summed E-state index contributed by atoms with van der Waals surface area (Å²) in [5.74, 6) is -0.0692.